The standard InChI is InChI=1S/C12H12ClFS/c1-3-7(2)12-11(13)9-5-4-8(14)6-10(9)15-12/h4-7H,3H2,1-2H3. The number of thiophene rings is 1. The van der Waals surface area contributed by atoms with Crippen LogP contribution in [0.4, 0.5) is 4.39 Å². The van der Waals surface area contributed by atoms with Crippen LogP contribution < -0.4 is 0 Å². The topological polar surface area (TPSA) is 0 Å². The molecule has 1 aromatic carbocycles. The minimum atomic E-state index is -0.198. The van der Waals surface area contributed by atoms with Gasteiger partial charge in [-0.05, 0) is 30.5 Å². The Morgan fingerprint density at radius 3 is 2.87 bits per heavy atom. The van der Waals surface area contributed by atoms with E-state index in [1.165, 1.54) is 10.9 Å². The van der Waals surface area contributed by atoms with E-state index < -0.39 is 0 Å². The molecule has 80 valence electrons. The summed E-state index contributed by atoms with van der Waals surface area (Å²) in [6.45, 7) is 4.28. The summed E-state index contributed by atoms with van der Waals surface area (Å²) >= 11 is 7.87. The van der Waals surface area contributed by atoms with Crippen LogP contribution in [0, 0.1) is 5.82 Å². The van der Waals surface area contributed by atoms with E-state index in [9.17, 15) is 4.39 Å². The summed E-state index contributed by atoms with van der Waals surface area (Å²) < 4.78 is 14.0. The van der Waals surface area contributed by atoms with Crippen LogP contribution in [-0.4, -0.2) is 0 Å². The van der Waals surface area contributed by atoms with Gasteiger partial charge in [0.2, 0.25) is 0 Å². The van der Waals surface area contributed by atoms with Gasteiger partial charge in [0.05, 0.1) is 5.02 Å². The van der Waals surface area contributed by atoms with Gasteiger partial charge in [-0.1, -0.05) is 25.4 Å². The van der Waals surface area contributed by atoms with Crippen LogP contribution in [0.5, 0.6) is 0 Å². The fourth-order valence-corrected chi connectivity index (χ4v) is 3.34. The van der Waals surface area contributed by atoms with Gasteiger partial charge >= 0.3 is 0 Å². The summed E-state index contributed by atoms with van der Waals surface area (Å²) in [5.41, 5.74) is 0. The number of benzene rings is 1. The third-order valence-electron chi connectivity index (χ3n) is 2.68. The van der Waals surface area contributed by atoms with Crippen LogP contribution in [0.15, 0.2) is 18.2 Å². The van der Waals surface area contributed by atoms with E-state index in [-0.39, 0.29) is 5.82 Å². The number of hydrogen-bond acceptors (Lipinski definition) is 1. The predicted molar refractivity (Wildman–Crippen MR) is 65.5 cm³/mol. The van der Waals surface area contributed by atoms with E-state index >= 15 is 0 Å². The van der Waals surface area contributed by atoms with Crippen molar-refractivity contribution < 1.29 is 4.39 Å². The van der Waals surface area contributed by atoms with Crippen LogP contribution in [0.25, 0.3) is 10.1 Å². The molecule has 2 aromatic rings. The first-order valence-electron chi connectivity index (χ1n) is 5.01. The van der Waals surface area contributed by atoms with Crippen molar-refractivity contribution in [3.63, 3.8) is 0 Å². The molecule has 0 saturated heterocycles. The Labute approximate surface area is 97.7 Å². The summed E-state index contributed by atoms with van der Waals surface area (Å²) in [6.07, 6.45) is 1.05. The normalized spacial score (nSPS) is 13.3. The number of rotatable bonds is 2. The molecule has 2 rings (SSSR count). The van der Waals surface area contributed by atoms with Crippen LogP contribution in [0.3, 0.4) is 0 Å². The molecule has 0 amide bonds. The summed E-state index contributed by atoms with van der Waals surface area (Å²) in [5, 5.41) is 1.77. The Morgan fingerprint density at radius 1 is 1.47 bits per heavy atom. The van der Waals surface area contributed by atoms with Crippen molar-refractivity contribution in [1.82, 2.24) is 0 Å². The molecule has 0 saturated carbocycles. The second-order valence-corrected chi connectivity index (χ2v) is 5.19. The van der Waals surface area contributed by atoms with Crippen LogP contribution in [0.2, 0.25) is 5.02 Å². The molecule has 0 N–H and O–H groups in total. The Balaban J connectivity index is 2.63. The lowest BCUT2D eigenvalue weighted by Crippen LogP contribution is -1.86. The van der Waals surface area contributed by atoms with Gasteiger partial charge in [-0.15, -0.1) is 11.3 Å². The maximum atomic E-state index is 13.0. The van der Waals surface area contributed by atoms with E-state index in [0.29, 0.717) is 5.92 Å². The van der Waals surface area contributed by atoms with E-state index in [1.54, 1.807) is 23.5 Å². The highest BCUT2D eigenvalue weighted by atomic mass is 35.5. The first-order chi connectivity index (χ1) is 7.13. The molecule has 3 heteroatoms. The summed E-state index contributed by atoms with van der Waals surface area (Å²) in [5.74, 6) is 0.245. The molecule has 0 aliphatic rings. The van der Waals surface area contributed by atoms with Gasteiger partial charge in [-0.2, -0.15) is 0 Å². The summed E-state index contributed by atoms with van der Waals surface area (Å²) in [7, 11) is 0. The lowest BCUT2D eigenvalue weighted by molar-refractivity contribution is 0.630. The van der Waals surface area contributed by atoms with E-state index in [1.807, 2.05) is 0 Å². The van der Waals surface area contributed by atoms with Gasteiger partial charge in [0.15, 0.2) is 0 Å². The summed E-state index contributed by atoms with van der Waals surface area (Å²) in [6, 6.07) is 4.77. The molecule has 1 heterocycles. The van der Waals surface area contributed by atoms with Gasteiger partial charge in [-0.25, -0.2) is 4.39 Å². The number of hydrogen-bond donors (Lipinski definition) is 0. The highest BCUT2D eigenvalue weighted by Crippen LogP contribution is 2.40. The Morgan fingerprint density at radius 2 is 2.20 bits per heavy atom. The Bertz CT molecular complexity index is 490. The lowest BCUT2D eigenvalue weighted by Gasteiger charge is -2.04. The summed E-state index contributed by atoms with van der Waals surface area (Å²) in [4.78, 5) is 1.17. The fourth-order valence-electron chi connectivity index (χ4n) is 1.56. The average Bonchev–Trinajstić information content (AvgIpc) is 2.54. The first-order valence-corrected chi connectivity index (χ1v) is 6.20. The van der Waals surface area contributed by atoms with Crippen molar-refractivity contribution >= 4 is 33.0 Å². The van der Waals surface area contributed by atoms with Gasteiger partial charge in [0, 0.05) is 15.0 Å². The monoisotopic (exact) mass is 242 g/mol. The molecule has 1 aromatic heterocycles. The minimum absolute atomic E-state index is 0.198. The van der Waals surface area contributed by atoms with Crippen molar-refractivity contribution in [3.8, 4) is 0 Å². The van der Waals surface area contributed by atoms with Crippen molar-refractivity contribution in [3.05, 3.63) is 33.9 Å². The molecule has 0 aliphatic carbocycles. The fraction of sp³-hybridized carbons (Fsp3) is 0.333. The van der Waals surface area contributed by atoms with E-state index in [0.717, 1.165) is 21.5 Å². The second kappa shape index (κ2) is 4.11. The zero-order valence-electron chi connectivity index (χ0n) is 8.68. The molecule has 0 nitrogen and oxygen atoms in total. The van der Waals surface area contributed by atoms with Crippen LogP contribution in [-0.2, 0) is 0 Å². The van der Waals surface area contributed by atoms with Gasteiger partial charge < -0.3 is 0 Å². The second-order valence-electron chi connectivity index (χ2n) is 3.73. The van der Waals surface area contributed by atoms with Crippen molar-refractivity contribution in [2.75, 3.05) is 0 Å². The van der Waals surface area contributed by atoms with E-state index in [4.69, 9.17) is 11.6 Å². The molecule has 0 aliphatic heterocycles. The first kappa shape index (κ1) is 10.9. The molecule has 0 spiro atoms. The van der Waals surface area contributed by atoms with Gasteiger partial charge in [0.1, 0.15) is 5.82 Å². The minimum Gasteiger partial charge on any atom is -0.207 e. The van der Waals surface area contributed by atoms with Crippen molar-refractivity contribution in [2.45, 2.75) is 26.2 Å². The lowest BCUT2D eigenvalue weighted by atomic mass is 10.1. The SMILES string of the molecule is CCC(C)c1sc2cc(F)ccc2c1Cl. The van der Waals surface area contributed by atoms with Crippen molar-refractivity contribution in [1.29, 1.82) is 0 Å². The highest BCUT2D eigenvalue weighted by molar-refractivity contribution is 7.19. The molecule has 0 bridgehead atoms. The molecule has 0 radical (unpaired) electrons. The molecule has 1 unspecified atom stereocenters. The Kier molecular flexibility index (Phi) is 2.98. The van der Waals surface area contributed by atoms with Crippen LogP contribution >= 0.6 is 22.9 Å². The van der Waals surface area contributed by atoms with Crippen molar-refractivity contribution in [2.24, 2.45) is 0 Å². The average molecular weight is 243 g/mol. The molecule has 15 heavy (non-hydrogen) atoms. The van der Waals surface area contributed by atoms with E-state index in [2.05, 4.69) is 13.8 Å². The van der Waals surface area contributed by atoms with Gasteiger partial charge in [0.25, 0.3) is 0 Å². The van der Waals surface area contributed by atoms with Gasteiger partial charge in [-0.3, -0.25) is 0 Å². The smallest absolute Gasteiger partial charge is 0.124 e. The third-order valence-corrected chi connectivity index (χ3v) is 4.58. The van der Waals surface area contributed by atoms with Crippen LogP contribution in [0.1, 0.15) is 31.1 Å². The quantitative estimate of drug-likeness (QED) is 0.678. The largest absolute Gasteiger partial charge is 0.207 e. The maximum Gasteiger partial charge on any atom is 0.124 e. The number of halogens is 2. The molecule has 1 atom stereocenters. The molecular weight excluding hydrogens is 231 g/mol. The number of fused-ring (bicyclic) bond motifs is 1. The predicted octanol–water partition coefficient (Wildman–Crippen LogP) is 5.21. The molecular formula is C12H12ClFS. The maximum absolute atomic E-state index is 13.0. The highest BCUT2D eigenvalue weighted by Gasteiger charge is 2.14. The molecule has 0 fully saturated rings. The Hall–Kier alpha value is -0.600. The zero-order valence-corrected chi connectivity index (χ0v) is 10.3. The zero-order chi connectivity index (χ0) is 11.0. The third kappa shape index (κ3) is 1.88.